The summed E-state index contributed by atoms with van der Waals surface area (Å²) in [5, 5.41) is 2.73. The number of carbonyl (C=O) groups is 1. The van der Waals surface area contributed by atoms with Crippen LogP contribution in [-0.4, -0.2) is 83.9 Å². The van der Waals surface area contributed by atoms with Gasteiger partial charge in [-0.05, 0) is 55.3 Å². The molecule has 2 saturated heterocycles. The van der Waals surface area contributed by atoms with Gasteiger partial charge in [0.1, 0.15) is 12.4 Å². The number of amides is 1. The van der Waals surface area contributed by atoms with E-state index in [-0.39, 0.29) is 28.5 Å². The van der Waals surface area contributed by atoms with Gasteiger partial charge >= 0.3 is 0 Å². The van der Waals surface area contributed by atoms with Gasteiger partial charge in [-0.15, -0.1) is 0 Å². The number of hydrogen-bond acceptors (Lipinski definition) is 7. The number of nitrogens with one attached hydrogen (secondary N) is 1. The normalized spacial score (nSPS) is 18.2. The molecule has 2 fully saturated rings. The van der Waals surface area contributed by atoms with Gasteiger partial charge in [0.2, 0.25) is 20.0 Å². The van der Waals surface area contributed by atoms with Crippen LogP contribution in [0, 0.1) is 0 Å². The lowest BCUT2D eigenvalue weighted by molar-refractivity contribution is 0.0730. The molecule has 0 aliphatic carbocycles. The van der Waals surface area contributed by atoms with Gasteiger partial charge in [-0.3, -0.25) is 4.79 Å². The number of morpholine rings is 1. The maximum Gasteiger partial charge on any atom is 0.251 e. The lowest BCUT2D eigenvalue weighted by Crippen LogP contribution is -2.40. The second kappa shape index (κ2) is 12.4. The molecule has 37 heavy (non-hydrogen) atoms. The number of sulfonamides is 2. The molecule has 0 bridgehead atoms. The van der Waals surface area contributed by atoms with Crippen molar-refractivity contribution in [3.05, 3.63) is 54.1 Å². The third-order valence-electron chi connectivity index (χ3n) is 6.39. The van der Waals surface area contributed by atoms with Crippen molar-refractivity contribution in [3.63, 3.8) is 0 Å². The van der Waals surface area contributed by atoms with E-state index in [0.29, 0.717) is 45.1 Å². The Labute approximate surface area is 218 Å². The molecule has 202 valence electrons. The van der Waals surface area contributed by atoms with Crippen molar-refractivity contribution in [2.24, 2.45) is 0 Å². The van der Waals surface area contributed by atoms with Crippen molar-refractivity contribution in [2.75, 3.05) is 52.5 Å². The second-order valence-electron chi connectivity index (χ2n) is 8.94. The molecule has 2 aliphatic heterocycles. The Kier molecular flexibility index (Phi) is 9.19. The van der Waals surface area contributed by atoms with E-state index in [0.717, 1.165) is 25.7 Å². The molecular weight excluding hydrogens is 518 g/mol. The quantitative estimate of drug-likeness (QED) is 0.474. The molecule has 2 aliphatic rings. The van der Waals surface area contributed by atoms with Gasteiger partial charge in [0.25, 0.3) is 5.91 Å². The topological polar surface area (TPSA) is 122 Å². The van der Waals surface area contributed by atoms with Gasteiger partial charge in [0, 0.05) is 31.7 Å². The van der Waals surface area contributed by atoms with Crippen LogP contribution in [0.25, 0.3) is 0 Å². The second-order valence-corrected chi connectivity index (χ2v) is 12.8. The molecule has 0 unspecified atom stereocenters. The SMILES string of the molecule is O=C(NCCOc1ccc(S(=O)(=O)N2CCOCC2)cc1)c1cccc(S(=O)(=O)N2CCCCCC2)c1. The molecule has 0 radical (unpaired) electrons. The molecule has 0 spiro atoms. The van der Waals surface area contributed by atoms with Gasteiger partial charge in [0.05, 0.1) is 29.5 Å². The van der Waals surface area contributed by atoms with Crippen molar-refractivity contribution >= 4 is 26.0 Å². The molecule has 2 aromatic carbocycles. The highest BCUT2D eigenvalue weighted by Crippen LogP contribution is 2.22. The van der Waals surface area contributed by atoms with Gasteiger partial charge in [-0.2, -0.15) is 8.61 Å². The van der Waals surface area contributed by atoms with Crippen molar-refractivity contribution in [3.8, 4) is 5.75 Å². The third kappa shape index (κ3) is 6.88. The summed E-state index contributed by atoms with van der Waals surface area (Å²) < 4.78 is 65.2. The molecule has 2 heterocycles. The number of hydrogen-bond donors (Lipinski definition) is 1. The average molecular weight is 552 g/mol. The van der Waals surface area contributed by atoms with E-state index in [1.54, 1.807) is 24.3 Å². The van der Waals surface area contributed by atoms with Gasteiger partial charge in [-0.25, -0.2) is 16.8 Å². The van der Waals surface area contributed by atoms with Crippen molar-refractivity contribution in [1.29, 1.82) is 0 Å². The first kappa shape index (κ1) is 27.5. The monoisotopic (exact) mass is 551 g/mol. The Hall–Kier alpha value is -2.51. The van der Waals surface area contributed by atoms with E-state index in [1.807, 2.05) is 0 Å². The zero-order valence-electron chi connectivity index (χ0n) is 20.7. The molecule has 0 atom stereocenters. The van der Waals surface area contributed by atoms with Crippen LogP contribution in [0.4, 0.5) is 0 Å². The Morgan fingerprint density at radius 1 is 0.811 bits per heavy atom. The number of rotatable bonds is 9. The highest BCUT2D eigenvalue weighted by molar-refractivity contribution is 7.89. The van der Waals surface area contributed by atoms with E-state index >= 15 is 0 Å². The first-order chi connectivity index (χ1) is 17.8. The van der Waals surface area contributed by atoms with Gasteiger partial charge in [-0.1, -0.05) is 18.9 Å². The summed E-state index contributed by atoms with van der Waals surface area (Å²) in [6.45, 7) is 2.76. The van der Waals surface area contributed by atoms with Crippen LogP contribution >= 0.6 is 0 Å². The predicted octanol–water partition coefficient (Wildman–Crippen LogP) is 2.08. The molecular formula is C25H33N3O7S2. The minimum absolute atomic E-state index is 0.116. The standard InChI is InChI=1S/C25H33N3O7S2/c29-25(21-6-5-7-24(20-21)37(32,33)27-13-3-1-2-4-14-27)26-12-17-35-22-8-10-23(11-9-22)36(30,31)28-15-18-34-19-16-28/h5-11,20H,1-4,12-19H2,(H,26,29). The molecule has 0 saturated carbocycles. The highest BCUT2D eigenvalue weighted by Gasteiger charge is 2.27. The average Bonchev–Trinajstić information content (AvgIpc) is 3.22. The van der Waals surface area contributed by atoms with E-state index in [9.17, 15) is 21.6 Å². The molecule has 2 aromatic rings. The van der Waals surface area contributed by atoms with Crippen molar-refractivity contribution in [1.82, 2.24) is 13.9 Å². The number of carbonyl (C=O) groups excluding carboxylic acids is 1. The summed E-state index contributed by atoms with van der Waals surface area (Å²) in [5.74, 6) is 0.0733. The highest BCUT2D eigenvalue weighted by atomic mass is 32.2. The van der Waals surface area contributed by atoms with Crippen LogP contribution in [0.15, 0.2) is 58.3 Å². The smallest absolute Gasteiger partial charge is 0.251 e. The summed E-state index contributed by atoms with van der Waals surface area (Å²) in [6, 6.07) is 12.2. The summed E-state index contributed by atoms with van der Waals surface area (Å²) in [6.07, 6.45) is 3.72. The molecule has 0 aromatic heterocycles. The summed E-state index contributed by atoms with van der Waals surface area (Å²) in [7, 11) is -7.22. The molecule has 1 amide bonds. The number of ether oxygens (including phenoxy) is 2. The Morgan fingerprint density at radius 3 is 2.11 bits per heavy atom. The summed E-state index contributed by atoms with van der Waals surface area (Å²) in [5.41, 5.74) is 0.258. The maximum atomic E-state index is 13.0. The molecule has 1 N–H and O–H groups in total. The maximum absolute atomic E-state index is 13.0. The fourth-order valence-electron chi connectivity index (χ4n) is 4.31. The lowest BCUT2D eigenvalue weighted by atomic mass is 10.2. The van der Waals surface area contributed by atoms with Crippen LogP contribution < -0.4 is 10.1 Å². The zero-order chi connectivity index (χ0) is 26.3. The van der Waals surface area contributed by atoms with Crippen molar-refractivity contribution in [2.45, 2.75) is 35.5 Å². The lowest BCUT2D eigenvalue weighted by Gasteiger charge is -2.26. The predicted molar refractivity (Wildman–Crippen MR) is 138 cm³/mol. The minimum atomic E-state index is -3.65. The van der Waals surface area contributed by atoms with E-state index in [1.165, 1.54) is 32.9 Å². The van der Waals surface area contributed by atoms with Crippen LogP contribution in [0.5, 0.6) is 5.75 Å². The van der Waals surface area contributed by atoms with E-state index < -0.39 is 26.0 Å². The van der Waals surface area contributed by atoms with Crippen molar-refractivity contribution < 1.29 is 31.1 Å². The fourth-order valence-corrected chi connectivity index (χ4v) is 7.28. The largest absolute Gasteiger partial charge is 0.492 e. The Bertz CT molecular complexity index is 1270. The first-order valence-electron chi connectivity index (χ1n) is 12.5. The first-order valence-corrected chi connectivity index (χ1v) is 15.4. The summed E-state index contributed by atoms with van der Waals surface area (Å²) in [4.78, 5) is 12.9. The Morgan fingerprint density at radius 2 is 1.43 bits per heavy atom. The molecule has 12 heteroatoms. The van der Waals surface area contributed by atoms with Gasteiger partial charge in [0.15, 0.2) is 0 Å². The molecule has 4 rings (SSSR count). The summed E-state index contributed by atoms with van der Waals surface area (Å²) >= 11 is 0. The third-order valence-corrected chi connectivity index (χ3v) is 10.2. The zero-order valence-corrected chi connectivity index (χ0v) is 22.3. The van der Waals surface area contributed by atoms with Crippen LogP contribution in [0.2, 0.25) is 0 Å². The van der Waals surface area contributed by atoms with E-state index in [2.05, 4.69) is 5.32 Å². The number of benzene rings is 2. The minimum Gasteiger partial charge on any atom is -0.492 e. The van der Waals surface area contributed by atoms with Crippen LogP contribution in [-0.2, 0) is 24.8 Å². The van der Waals surface area contributed by atoms with Crippen LogP contribution in [0.3, 0.4) is 0 Å². The van der Waals surface area contributed by atoms with Crippen LogP contribution in [0.1, 0.15) is 36.0 Å². The number of nitrogens with zero attached hydrogens (tertiary/aromatic N) is 2. The molecule has 10 nitrogen and oxygen atoms in total. The van der Waals surface area contributed by atoms with E-state index in [4.69, 9.17) is 9.47 Å². The fraction of sp³-hybridized carbons (Fsp3) is 0.480. The van der Waals surface area contributed by atoms with Gasteiger partial charge < -0.3 is 14.8 Å². The Balaban J connectivity index is 1.28.